The average molecular weight is 525 g/mol. The summed E-state index contributed by atoms with van der Waals surface area (Å²) in [6, 6.07) is 13.7. The highest BCUT2D eigenvalue weighted by molar-refractivity contribution is 7.89. The van der Waals surface area contributed by atoms with Crippen LogP contribution in [0.4, 0.5) is 0 Å². The van der Waals surface area contributed by atoms with Crippen molar-refractivity contribution in [3.63, 3.8) is 0 Å². The lowest BCUT2D eigenvalue weighted by Crippen LogP contribution is -2.41. The van der Waals surface area contributed by atoms with Gasteiger partial charge in [-0.15, -0.1) is 0 Å². The maximum absolute atomic E-state index is 13.3. The lowest BCUT2D eigenvalue weighted by Gasteiger charge is -2.27. The van der Waals surface area contributed by atoms with E-state index >= 15 is 0 Å². The number of rotatable bonds is 9. The van der Waals surface area contributed by atoms with Crippen LogP contribution >= 0.6 is 0 Å². The lowest BCUT2D eigenvalue weighted by atomic mass is 9.94. The Kier molecular flexibility index (Phi) is 6.89. The molecule has 1 N–H and O–H groups in total. The molecular formula is C27H28N2O7S. The van der Waals surface area contributed by atoms with Crippen LogP contribution in [0, 0.1) is 0 Å². The van der Waals surface area contributed by atoms with Crippen LogP contribution in [0.5, 0.6) is 11.5 Å². The van der Waals surface area contributed by atoms with Gasteiger partial charge in [-0.25, -0.2) is 13.1 Å². The summed E-state index contributed by atoms with van der Waals surface area (Å²) in [4.78, 5) is 27.8. The fraction of sp³-hybridized carbons (Fsp3) is 0.333. The van der Waals surface area contributed by atoms with Crippen LogP contribution in [0.25, 0.3) is 10.8 Å². The van der Waals surface area contributed by atoms with Crippen molar-refractivity contribution in [2.75, 3.05) is 33.9 Å². The zero-order chi connectivity index (χ0) is 26.2. The second-order valence-corrected chi connectivity index (χ2v) is 10.8. The molecule has 5 rings (SSSR count). The summed E-state index contributed by atoms with van der Waals surface area (Å²) in [6.07, 6.45) is 1.61. The molecule has 2 aliphatic rings. The molecule has 0 radical (unpaired) electrons. The predicted octanol–water partition coefficient (Wildman–Crippen LogP) is 3.15. The van der Waals surface area contributed by atoms with E-state index in [4.69, 9.17) is 14.2 Å². The molecule has 0 aliphatic carbocycles. The second kappa shape index (κ2) is 10.1. The van der Waals surface area contributed by atoms with Gasteiger partial charge in [0, 0.05) is 42.3 Å². The minimum Gasteiger partial charge on any atom is -0.493 e. The van der Waals surface area contributed by atoms with Crippen LogP contribution in [-0.2, 0) is 21.2 Å². The maximum atomic E-state index is 13.3. The molecule has 2 heterocycles. The number of nitrogens with one attached hydrogen (secondary N) is 1. The number of hydrogen-bond acceptors (Lipinski definition) is 7. The largest absolute Gasteiger partial charge is 0.493 e. The number of sulfonamides is 1. The molecule has 1 unspecified atom stereocenters. The van der Waals surface area contributed by atoms with E-state index in [9.17, 15) is 18.0 Å². The second-order valence-electron chi connectivity index (χ2n) is 9.02. The predicted molar refractivity (Wildman–Crippen MR) is 137 cm³/mol. The third kappa shape index (κ3) is 4.68. The van der Waals surface area contributed by atoms with Crippen molar-refractivity contribution in [3.05, 3.63) is 65.2 Å². The zero-order valence-electron chi connectivity index (χ0n) is 20.7. The van der Waals surface area contributed by atoms with Crippen molar-refractivity contribution < 1.29 is 32.2 Å². The number of imide groups is 1. The monoisotopic (exact) mass is 524 g/mol. The van der Waals surface area contributed by atoms with Crippen molar-refractivity contribution in [2.45, 2.75) is 30.3 Å². The van der Waals surface area contributed by atoms with Crippen molar-refractivity contribution >= 4 is 32.6 Å². The lowest BCUT2D eigenvalue weighted by molar-refractivity contribution is 0.0612. The number of methoxy groups -OCH3 is 2. The Hall–Kier alpha value is -3.47. The zero-order valence-corrected chi connectivity index (χ0v) is 21.5. The SMILES string of the molecule is COc1cc(CCN2C(=O)c3cccc4cccc(c34)C2=O)c(S(=O)(=O)NCC2CCCO2)cc1OC. The van der Waals surface area contributed by atoms with Gasteiger partial charge in [0.1, 0.15) is 0 Å². The molecule has 2 amide bonds. The van der Waals surface area contributed by atoms with Crippen LogP contribution < -0.4 is 14.2 Å². The molecule has 0 saturated carbocycles. The molecular weight excluding hydrogens is 496 g/mol. The Morgan fingerprint density at radius 3 is 2.24 bits per heavy atom. The van der Waals surface area contributed by atoms with Crippen molar-refractivity contribution in [1.82, 2.24) is 9.62 Å². The highest BCUT2D eigenvalue weighted by Gasteiger charge is 2.33. The normalized spacial score (nSPS) is 17.5. The van der Waals surface area contributed by atoms with E-state index in [0.29, 0.717) is 34.4 Å². The van der Waals surface area contributed by atoms with E-state index in [2.05, 4.69) is 4.72 Å². The van der Waals surface area contributed by atoms with Gasteiger partial charge < -0.3 is 14.2 Å². The summed E-state index contributed by atoms with van der Waals surface area (Å²) < 4.78 is 45.6. The Labute approximate surface area is 215 Å². The molecule has 3 aromatic carbocycles. The summed E-state index contributed by atoms with van der Waals surface area (Å²) in [6.45, 7) is 0.759. The smallest absolute Gasteiger partial charge is 0.261 e. The first-order chi connectivity index (χ1) is 17.8. The summed E-state index contributed by atoms with van der Waals surface area (Å²) in [7, 11) is -1.06. The van der Waals surface area contributed by atoms with Crippen molar-refractivity contribution in [2.24, 2.45) is 0 Å². The van der Waals surface area contributed by atoms with Crippen LogP contribution in [0.3, 0.4) is 0 Å². The number of nitrogens with zero attached hydrogens (tertiary/aromatic N) is 1. The Morgan fingerprint density at radius 1 is 1.00 bits per heavy atom. The molecule has 0 bridgehead atoms. The Bertz CT molecular complexity index is 1430. The van der Waals surface area contributed by atoms with Gasteiger partial charge in [-0.2, -0.15) is 0 Å². The number of ether oxygens (including phenoxy) is 3. The molecule has 0 spiro atoms. The van der Waals surface area contributed by atoms with Crippen LogP contribution in [-0.4, -0.2) is 65.2 Å². The van der Waals surface area contributed by atoms with Crippen LogP contribution in [0.2, 0.25) is 0 Å². The number of amides is 2. The standard InChI is InChI=1S/C27H28N2O7S/c1-34-22-14-18(24(15-23(22)35-2)37(32,33)28-16-19-8-5-13-36-19)11-12-29-26(30)20-9-3-6-17-7-4-10-21(25(17)20)27(29)31/h3-4,6-7,9-10,14-15,19,28H,5,8,11-13,16H2,1-2H3. The Balaban J connectivity index is 1.45. The third-order valence-corrected chi connectivity index (χ3v) is 8.35. The first-order valence-corrected chi connectivity index (χ1v) is 13.6. The van der Waals surface area contributed by atoms with Gasteiger partial charge in [0.2, 0.25) is 10.0 Å². The molecule has 1 saturated heterocycles. The van der Waals surface area contributed by atoms with Crippen molar-refractivity contribution in [3.8, 4) is 11.5 Å². The Morgan fingerprint density at radius 2 is 1.65 bits per heavy atom. The van der Waals surface area contributed by atoms with Gasteiger partial charge in [-0.05, 0) is 48.4 Å². The van der Waals surface area contributed by atoms with Gasteiger partial charge in [0.15, 0.2) is 11.5 Å². The molecule has 37 heavy (non-hydrogen) atoms. The van der Waals surface area contributed by atoms with Crippen LogP contribution in [0.1, 0.15) is 39.1 Å². The molecule has 1 fully saturated rings. The highest BCUT2D eigenvalue weighted by Crippen LogP contribution is 2.34. The first-order valence-electron chi connectivity index (χ1n) is 12.1. The van der Waals surface area contributed by atoms with E-state index in [1.165, 1.54) is 25.2 Å². The average Bonchev–Trinajstić information content (AvgIpc) is 3.44. The number of carbonyl (C=O) groups excluding carboxylic acids is 2. The van der Waals surface area contributed by atoms with E-state index in [-0.39, 0.29) is 36.3 Å². The third-order valence-electron chi connectivity index (χ3n) is 6.84. The number of carbonyl (C=O) groups is 2. The number of benzene rings is 3. The van der Waals surface area contributed by atoms with Gasteiger partial charge in [0.25, 0.3) is 11.8 Å². The van der Waals surface area contributed by atoms with Gasteiger partial charge >= 0.3 is 0 Å². The van der Waals surface area contributed by atoms with E-state index < -0.39 is 21.8 Å². The maximum Gasteiger partial charge on any atom is 0.261 e. The topological polar surface area (TPSA) is 111 Å². The first kappa shape index (κ1) is 25.2. The quantitative estimate of drug-likeness (QED) is 0.428. The van der Waals surface area contributed by atoms with E-state index in [1.54, 1.807) is 30.3 Å². The molecule has 2 aliphatic heterocycles. The van der Waals surface area contributed by atoms with E-state index in [1.807, 2.05) is 12.1 Å². The molecule has 10 heteroatoms. The molecule has 3 aromatic rings. The van der Waals surface area contributed by atoms with Crippen LogP contribution in [0.15, 0.2) is 53.4 Å². The highest BCUT2D eigenvalue weighted by atomic mass is 32.2. The summed E-state index contributed by atoms with van der Waals surface area (Å²) in [5.74, 6) is -0.206. The minimum absolute atomic E-state index is 0.00237. The molecule has 194 valence electrons. The molecule has 9 nitrogen and oxygen atoms in total. The van der Waals surface area contributed by atoms with Crippen molar-refractivity contribution in [1.29, 1.82) is 0 Å². The van der Waals surface area contributed by atoms with E-state index in [0.717, 1.165) is 18.2 Å². The molecule has 0 aromatic heterocycles. The van der Waals surface area contributed by atoms with Gasteiger partial charge in [-0.3, -0.25) is 14.5 Å². The summed E-state index contributed by atoms with van der Waals surface area (Å²) in [5, 5.41) is 1.46. The summed E-state index contributed by atoms with van der Waals surface area (Å²) >= 11 is 0. The summed E-state index contributed by atoms with van der Waals surface area (Å²) in [5.41, 5.74) is 1.30. The minimum atomic E-state index is -3.95. The molecule has 1 atom stereocenters. The van der Waals surface area contributed by atoms with Gasteiger partial charge in [0.05, 0.1) is 25.2 Å². The number of hydrogen-bond donors (Lipinski definition) is 1. The fourth-order valence-electron chi connectivity index (χ4n) is 4.95. The fourth-order valence-corrected chi connectivity index (χ4v) is 6.28. The van der Waals surface area contributed by atoms with Gasteiger partial charge in [-0.1, -0.05) is 24.3 Å².